The van der Waals surface area contributed by atoms with E-state index in [4.69, 9.17) is 19.9 Å². The first-order chi connectivity index (χ1) is 71.5. The maximum Gasteiger partial charge on any atom is 0.272 e. The highest BCUT2D eigenvalue weighted by Gasteiger charge is 2.43. The van der Waals surface area contributed by atoms with Crippen LogP contribution in [0.5, 0.6) is 0 Å². The Balaban J connectivity index is 0.000000307. The molecular formula is C122H180N16O8S4. The molecular weight excluding hydrogens is 1950 g/mol. The molecule has 4 aliphatic heterocycles. The van der Waals surface area contributed by atoms with Crippen LogP contribution in [-0.4, -0.2) is 165 Å². The molecule has 8 amide bonds. The van der Waals surface area contributed by atoms with Gasteiger partial charge in [0, 0.05) is 117 Å². The summed E-state index contributed by atoms with van der Waals surface area (Å²) in [5.74, 6) is -1.93. The average molecular weight is 2130 g/mol. The number of anilines is 4. The highest BCUT2D eigenvalue weighted by atomic mass is 32.1. The van der Waals surface area contributed by atoms with Crippen molar-refractivity contribution >= 4 is 143 Å². The molecule has 0 N–H and O–H groups in total. The van der Waals surface area contributed by atoms with Gasteiger partial charge in [0.15, 0.2) is 20.5 Å². The van der Waals surface area contributed by atoms with Gasteiger partial charge in [-0.05, 0) is 164 Å². The van der Waals surface area contributed by atoms with Gasteiger partial charge in [-0.3, -0.25) is 58.0 Å². The molecule has 0 bridgehead atoms. The molecule has 0 saturated carbocycles. The number of nitriles is 4. The first-order valence-corrected chi connectivity index (χ1v) is 59.7. The minimum Gasteiger partial charge on any atom is -0.349 e. The van der Waals surface area contributed by atoms with E-state index in [1.165, 1.54) is 117 Å². The summed E-state index contributed by atoms with van der Waals surface area (Å²) < 4.78 is 0. The lowest BCUT2D eigenvalue weighted by Gasteiger charge is -2.30. The highest BCUT2D eigenvalue weighted by molar-refractivity contribution is 7.17. The Hall–Kier alpha value is -10.6. The molecule has 1 aromatic carbocycles. The number of likely N-dealkylation sites (N-methyl/N-ethyl adjacent to an activating group) is 2. The van der Waals surface area contributed by atoms with Gasteiger partial charge in [-0.2, -0.15) is 21.0 Å². The molecule has 4 aromatic heterocycles. The predicted octanol–water partition coefficient (Wildman–Crippen LogP) is 29.5. The average Bonchev–Trinajstić information content (AvgIpc) is 1.56. The summed E-state index contributed by atoms with van der Waals surface area (Å²) in [6.45, 7) is 67.0. The van der Waals surface area contributed by atoms with E-state index >= 15 is 0 Å². The van der Waals surface area contributed by atoms with Crippen molar-refractivity contribution < 1.29 is 38.4 Å². The van der Waals surface area contributed by atoms with Crippen LogP contribution in [0.3, 0.4) is 0 Å². The summed E-state index contributed by atoms with van der Waals surface area (Å²) >= 11 is 6.42. The smallest absolute Gasteiger partial charge is 0.272 e. The van der Waals surface area contributed by atoms with Gasteiger partial charge in [0.1, 0.15) is 46.6 Å². The lowest BCUT2D eigenvalue weighted by molar-refractivity contribution is -0.142. The van der Waals surface area contributed by atoms with Crippen molar-refractivity contribution in [1.82, 2.24) is 39.5 Å². The monoisotopic (exact) mass is 2130 g/mol. The van der Waals surface area contributed by atoms with Crippen LogP contribution in [-0.2, 0) is 54.6 Å². The summed E-state index contributed by atoms with van der Waals surface area (Å²) in [5.41, 5.74) is 7.26. The summed E-state index contributed by atoms with van der Waals surface area (Å²) in [7, 11) is 0. The number of carbonyl (C=O) groups excluding carboxylic acids is 8. The second-order valence-corrected chi connectivity index (χ2v) is 47.4. The number of unbranched alkanes of at least 4 members (excludes halogenated alkanes) is 18. The first-order valence-electron chi connectivity index (χ1n) is 56.4. The van der Waals surface area contributed by atoms with Gasteiger partial charge in [-0.25, -0.2) is 19.9 Å². The zero-order valence-corrected chi connectivity index (χ0v) is 99.9. The largest absolute Gasteiger partial charge is 0.349 e. The normalized spacial score (nSPS) is 15.9. The van der Waals surface area contributed by atoms with Crippen LogP contribution in [0.2, 0.25) is 0 Å². The molecule has 820 valence electrons. The van der Waals surface area contributed by atoms with Crippen molar-refractivity contribution in [1.29, 1.82) is 21.0 Å². The Morgan fingerprint density at radius 3 is 0.980 bits per heavy atom. The van der Waals surface area contributed by atoms with Gasteiger partial charge in [0.25, 0.3) is 47.3 Å². The van der Waals surface area contributed by atoms with E-state index in [9.17, 15) is 59.4 Å². The number of imide groups is 4. The van der Waals surface area contributed by atoms with Crippen LogP contribution < -0.4 is 19.6 Å². The third-order valence-corrected chi connectivity index (χ3v) is 32.4. The second-order valence-electron chi connectivity index (χ2n) is 43.3. The predicted molar refractivity (Wildman–Crippen MR) is 625 cm³/mol. The highest BCUT2D eigenvalue weighted by Crippen LogP contribution is 2.45. The topological polar surface area (TPSA) is 309 Å². The van der Waals surface area contributed by atoms with Crippen LogP contribution in [0.4, 0.5) is 20.5 Å². The standard InChI is InChI=1S/C35H56N4O2S.C33H52N4O2S.C30H38N4O2S.C24H34N4O2S/c1-8-11-14-16-18-20-22-38(23-21-19-17-15-12-9-2)34-37-31(35(5,6)7)30(42-34)25-28-27(4)29(26-36)33(41)39(32(28)40)24-13-10-3;1-10-15-17-24(12-3)21-36(22-25(13-4)18-16-11-2)32-35-29(33(7,8)9)28(40-32)19-26-23(6)27(20-34)31(39)37(14-5)30(26)38;1-7-10-17-33(18-11-8-2)29-32-26(30(4,5)6)24(37-29)19-22-25(21-15-13-12-14-16-21)23(20-31)28(36)34(9-3)27(22)35;1-7-10-11-12-13-28-22(29)18(17(6)19(15-25)23(28)30)14-20-21(16(4)5)26-24(31-20)27(8-2)9-3/h25H,8-24H2,1-7H3;19,24-25H,10-18,21-22H2,1-9H3;12-16,19H,7-11,17-18H2,1-6H3;14,16H,7-13H2,1-6H3/b28-25-;26-19-;22-19-;18-14-. The van der Waals surface area contributed by atoms with Crippen molar-refractivity contribution in [3.63, 3.8) is 0 Å². The van der Waals surface area contributed by atoms with Crippen molar-refractivity contribution in [2.75, 3.05) is 98.1 Å². The van der Waals surface area contributed by atoms with E-state index in [0.29, 0.717) is 81.5 Å². The quantitative estimate of drug-likeness (QED) is 0.0198. The van der Waals surface area contributed by atoms with Gasteiger partial charge in [-0.1, -0.05) is 362 Å². The van der Waals surface area contributed by atoms with E-state index in [1.54, 1.807) is 80.0 Å². The fraction of sp³-hybridized carbons (Fsp3) is 0.623. The number of nitrogens with zero attached hydrogens (tertiary/aromatic N) is 16. The Morgan fingerprint density at radius 2 is 0.633 bits per heavy atom. The lowest BCUT2D eigenvalue weighted by atomic mass is 9.86. The SMILES string of the molecule is CCCCC(CC)CN(CC(CC)CCCC)c1nc(C(C)(C)C)c(/C=C2\C(=O)N(CC)C(=O)C(C#N)=C2C)s1.CCCCCCCCN(CCCCCCCC)c1nc(C(C)(C)C)c(/C=C2\C(=O)N(CCCC)C(=O)C(C#N)=C2C)s1.CCCCCCN1C(=O)C(C#N)=C(C)/C(=C/c2sc(N(CC)CC)nc2C(C)C)C1=O.CCCCN(CCCC)c1nc(C(C)(C)C)c(/C=C2\C(=O)N(CC)C(=O)C(C#N)=C2c2ccccc2)s1. The van der Waals surface area contributed by atoms with Gasteiger partial charge in [0.2, 0.25) is 0 Å². The van der Waals surface area contributed by atoms with E-state index in [2.05, 4.69) is 184 Å². The maximum atomic E-state index is 13.7. The van der Waals surface area contributed by atoms with Crippen molar-refractivity contribution in [3.8, 4) is 24.3 Å². The third kappa shape index (κ3) is 35.2. The number of benzene rings is 1. The Bertz CT molecular complexity index is 5730. The summed E-state index contributed by atoms with van der Waals surface area (Å²) in [4.78, 5) is 144. The van der Waals surface area contributed by atoms with Crippen molar-refractivity contribution in [2.24, 2.45) is 11.8 Å². The minimum atomic E-state index is -0.544. The minimum absolute atomic E-state index is 0.00605. The third-order valence-electron chi connectivity index (χ3n) is 28.1. The fourth-order valence-electron chi connectivity index (χ4n) is 18.7. The molecule has 9 rings (SSSR count). The maximum absolute atomic E-state index is 13.7. The number of hydrogen-bond acceptors (Lipinski definition) is 24. The molecule has 24 nitrogen and oxygen atoms in total. The number of carbonyl (C=O) groups is 8. The van der Waals surface area contributed by atoms with Crippen LogP contribution >= 0.6 is 45.3 Å². The fourth-order valence-corrected chi connectivity index (χ4v) is 23.7. The van der Waals surface area contributed by atoms with Crippen molar-refractivity contribution in [3.05, 3.63) is 139 Å². The second kappa shape index (κ2) is 63.8. The number of amides is 8. The van der Waals surface area contributed by atoms with E-state index in [0.717, 1.165) is 204 Å². The molecule has 0 fully saturated rings. The lowest BCUT2D eigenvalue weighted by Crippen LogP contribution is -2.43. The zero-order chi connectivity index (χ0) is 111. The molecule has 4 aliphatic rings. The number of hydrogen-bond donors (Lipinski definition) is 0. The molecule has 0 radical (unpaired) electrons. The molecule has 5 aromatic rings. The Kier molecular flexibility index (Phi) is 54.4. The van der Waals surface area contributed by atoms with Gasteiger partial charge < -0.3 is 19.6 Å². The van der Waals surface area contributed by atoms with E-state index < -0.39 is 23.6 Å². The Morgan fingerprint density at radius 1 is 0.333 bits per heavy atom. The molecule has 2 atom stereocenters. The summed E-state index contributed by atoms with van der Waals surface area (Å²) in [6, 6.07) is 17.5. The van der Waals surface area contributed by atoms with Crippen LogP contribution in [0.1, 0.15) is 440 Å². The molecule has 8 heterocycles. The number of rotatable bonds is 54. The molecule has 2 unspecified atom stereocenters. The summed E-state index contributed by atoms with van der Waals surface area (Å²) in [5, 5.41) is 43.0. The van der Waals surface area contributed by atoms with Crippen LogP contribution in [0.15, 0.2) is 91.6 Å². The molecule has 0 saturated heterocycles. The first kappa shape index (κ1) is 128. The Labute approximate surface area is 917 Å². The number of thiazole rings is 4. The van der Waals surface area contributed by atoms with E-state index in [1.807, 2.05) is 73.7 Å². The molecule has 28 heteroatoms. The molecule has 0 spiro atoms. The van der Waals surface area contributed by atoms with E-state index in [-0.39, 0.29) is 81.2 Å². The van der Waals surface area contributed by atoms with Gasteiger partial charge in [0.05, 0.1) is 47.9 Å². The van der Waals surface area contributed by atoms with Gasteiger partial charge >= 0.3 is 0 Å². The van der Waals surface area contributed by atoms with Gasteiger partial charge in [-0.15, -0.1) is 0 Å². The molecule has 0 aliphatic carbocycles. The van der Waals surface area contributed by atoms with Crippen LogP contribution in [0, 0.1) is 57.2 Å². The van der Waals surface area contributed by atoms with Crippen molar-refractivity contribution in [2.45, 2.75) is 409 Å². The van der Waals surface area contributed by atoms with Crippen LogP contribution in [0.25, 0.3) is 29.9 Å². The number of aromatic nitrogens is 4. The zero-order valence-electron chi connectivity index (χ0n) is 96.7. The summed E-state index contributed by atoms with van der Waals surface area (Å²) in [6.07, 6.45) is 42.0. The molecule has 150 heavy (non-hydrogen) atoms.